The number of benzene rings is 1. The van der Waals surface area contributed by atoms with Crippen LogP contribution in [-0.4, -0.2) is 12.9 Å². The molecule has 66 valence electrons. The predicted molar refractivity (Wildman–Crippen MR) is 55.3 cm³/mol. The summed E-state index contributed by atoms with van der Waals surface area (Å²) in [5.74, 6) is 1.83. The van der Waals surface area contributed by atoms with Gasteiger partial charge in [-0.1, -0.05) is 17.7 Å². The third-order valence-corrected chi connectivity index (χ3v) is 2.04. The van der Waals surface area contributed by atoms with Crippen LogP contribution < -0.4 is 4.74 Å². The molecule has 0 N–H and O–H groups in total. The van der Waals surface area contributed by atoms with Crippen molar-refractivity contribution in [1.29, 1.82) is 0 Å². The maximum atomic E-state index is 5.22. The summed E-state index contributed by atoms with van der Waals surface area (Å²) < 4.78 is 5.22. The number of hydrogen-bond acceptors (Lipinski definition) is 2. The average molecular weight is 182 g/mol. The minimum absolute atomic E-state index is 0.861. The molecular weight excluding hydrogens is 168 g/mol. The van der Waals surface area contributed by atoms with Gasteiger partial charge in [-0.3, -0.25) is 0 Å². The maximum Gasteiger partial charge on any atom is 0.122 e. The van der Waals surface area contributed by atoms with E-state index in [4.69, 9.17) is 4.74 Å². The summed E-state index contributed by atoms with van der Waals surface area (Å²) in [5, 5.41) is 0. The first-order chi connectivity index (χ1) is 5.77. The third-order valence-electron chi connectivity index (χ3n) is 1.82. The van der Waals surface area contributed by atoms with Crippen molar-refractivity contribution in [3.8, 4) is 5.75 Å². The highest BCUT2D eigenvalue weighted by atomic mass is 32.1. The van der Waals surface area contributed by atoms with Crippen molar-refractivity contribution in [2.24, 2.45) is 0 Å². The Hall–Kier alpha value is -0.630. The molecule has 0 fully saturated rings. The van der Waals surface area contributed by atoms with E-state index in [1.807, 2.05) is 6.07 Å². The predicted octanol–water partition coefficient (Wildman–Crippen LogP) is 2.48. The van der Waals surface area contributed by atoms with Gasteiger partial charge in [-0.05, 0) is 30.7 Å². The van der Waals surface area contributed by atoms with Gasteiger partial charge in [0.2, 0.25) is 0 Å². The normalized spacial score (nSPS) is 9.92. The van der Waals surface area contributed by atoms with Crippen LogP contribution in [0.25, 0.3) is 0 Å². The molecule has 1 nitrogen and oxygen atoms in total. The van der Waals surface area contributed by atoms with Crippen LogP contribution in [-0.2, 0) is 6.42 Å². The Kier molecular flexibility index (Phi) is 3.48. The summed E-state index contributed by atoms with van der Waals surface area (Å²) in [6.45, 7) is 2.08. The number of ether oxygens (including phenoxy) is 1. The molecular formula is C10H14OS. The Balaban J connectivity index is 2.95. The zero-order valence-corrected chi connectivity index (χ0v) is 8.40. The van der Waals surface area contributed by atoms with Crippen molar-refractivity contribution in [2.75, 3.05) is 12.9 Å². The summed E-state index contributed by atoms with van der Waals surface area (Å²) in [7, 11) is 1.70. The van der Waals surface area contributed by atoms with Gasteiger partial charge in [-0.2, -0.15) is 12.6 Å². The average Bonchev–Trinajstić information content (AvgIpc) is 2.05. The molecule has 0 aliphatic carbocycles. The quantitative estimate of drug-likeness (QED) is 0.707. The Morgan fingerprint density at radius 2 is 2.17 bits per heavy atom. The van der Waals surface area contributed by atoms with Crippen molar-refractivity contribution in [3.05, 3.63) is 29.3 Å². The molecule has 0 aliphatic rings. The highest BCUT2D eigenvalue weighted by Crippen LogP contribution is 2.20. The smallest absolute Gasteiger partial charge is 0.122 e. The Morgan fingerprint density at radius 1 is 1.42 bits per heavy atom. The van der Waals surface area contributed by atoms with Gasteiger partial charge in [-0.15, -0.1) is 0 Å². The second kappa shape index (κ2) is 4.41. The molecule has 0 amide bonds. The van der Waals surface area contributed by atoms with Crippen molar-refractivity contribution >= 4 is 12.6 Å². The van der Waals surface area contributed by atoms with Crippen LogP contribution in [0.4, 0.5) is 0 Å². The fourth-order valence-electron chi connectivity index (χ4n) is 1.22. The van der Waals surface area contributed by atoms with E-state index in [0.717, 1.165) is 17.9 Å². The zero-order valence-electron chi connectivity index (χ0n) is 7.50. The number of thiol groups is 1. The van der Waals surface area contributed by atoms with E-state index in [2.05, 4.69) is 31.7 Å². The molecule has 0 radical (unpaired) electrons. The summed E-state index contributed by atoms with van der Waals surface area (Å²) in [5.41, 5.74) is 2.51. The maximum absolute atomic E-state index is 5.22. The lowest BCUT2D eigenvalue weighted by Gasteiger charge is -2.07. The van der Waals surface area contributed by atoms with Gasteiger partial charge in [0, 0.05) is 0 Å². The van der Waals surface area contributed by atoms with Crippen molar-refractivity contribution < 1.29 is 4.74 Å². The summed E-state index contributed by atoms with van der Waals surface area (Å²) in [4.78, 5) is 0. The molecule has 12 heavy (non-hydrogen) atoms. The SMILES string of the molecule is COc1ccc(C)cc1CCS. The molecule has 1 rings (SSSR count). The molecule has 0 spiro atoms. The Labute approximate surface area is 79.2 Å². The number of aryl methyl sites for hydroxylation is 2. The van der Waals surface area contributed by atoms with Crippen LogP contribution in [0.15, 0.2) is 18.2 Å². The second-order valence-electron chi connectivity index (χ2n) is 2.79. The van der Waals surface area contributed by atoms with Gasteiger partial charge in [-0.25, -0.2) is 0 Å². The molecule has 0 bridgehead atoms. The molecule has 1 aromatic rings. The number of hydrogen-bond donors (Lipinski definition) is 1. The lowest BCUT2D eigenvalue weighted by atomic mass is 10.1. The molecule has 2 heteroatoms. The summed E-state index contributed by atoms with van der Waals surface area (Å²) in [6.07, 6.45) is 0.966. The molecule has 0 aliphatic heterocycles. The van der Waals surface area contributed by atoms with E-state index in [1.54, 1.807) is 7.11 Å². The first-order valence-electron chi connectivity index (χ1n) is 4.02. The fraction of sp³-hybridized carbons (Fsp3) is 0.400. The minimum Gasteiger partial charge on any atom is -0.496 e. The molecule has 1 aromatic carbocycles. The summed E-state index contributed by atoms with van der Waals surface area (Å²) in [6, 6.07) is 6.21. The number of methoxy groups -OCH3 is 1. The van der Waals surface area contributed by atoms with Crippen LogP contribution in [0.2, 0.25) is 0 Å². The van der Waals surface area contributed by atoms with Crippen LogP contribution >= 0.6 is 12.6 Å². The van der Waals surface area contributed by atoms with Crippen LogP contribution in [0.5, 0.6) is 5.75 Å². The molecule has 0 saturated heterocycles. The highest BCUT2D eigenvalue weighted by molar-refractivity contribution is 7.80. The van der Waals surface area contributed by atoms with Gasteiger partial charge < -0.3 is 4.74 Å². The minimum atomic E-state index is 0.861. The van der Waals surface area contributed by atoms with Gasteiger partial charge >= 0.3 is 0 Å². The lowest BCUT2D eigenvalue weighted by Crippen LogP contribution is -1.93. The Morgan fingerprint density at radius 3 is 2.75 bits per heavy atom. The summed E-state index contributed by atoms with van der Waals surface area (Å²) >= 11 is 4.20. The Bertz CT molecular complexity index is 258. The molecule has 0 unspecified atom stereocenters. The first kappa shape index (κ1) is 9.46. The van der Waals surface area contributed by atoms with Crippen molar-refractivity contribution in [2.45, 2.75) is 13.3 Å². The van der Waals surface area contributed by atoms with E-state index in [1.165, 1.54) is 11.1 Å². The monoisotopic (exact) mass is 182 g/mol. The zero-order chi connectivity index (χ0) is 8.97. The second-order valence-corrected chi connectivity index (χ2v) is 3.24. The number of rotatable bonds is 3. The van der Waals surface area contributed by atoms with Crippen LogP contribution in [0.1, 0.15) is 11.1 Å². The fourth-order valence-corrected chi connectivity index (χ4v) is 1.46. The van der Waals surface area contributed by atoms with Crippen molar-refractivity contribution in [1.82, 2.24) is 0 Å². The highest BCUT2D eigenvalue weighted by Gasteiger charge is 2.00. The largest absolute Gasteiger partial charge is 0.496 e. The molecule has 0 heterocycles. The van der Waals surface area contributed by atoms with Gasteiger partial charge in [0.25, 0.3) is 0 Å². The third kappa shape index (κ3) is 2.18. The van der Waals surface area contributed by atoms with Gasteiger partial charge in [0.05, 0.1) is 7.11 Å². The molecule has 0 atom stereocenters. The van der Waals surface area contributed by atoms with E-state index in [-0.39, 0.29) is 0 Å². The van der Waals surface area contributed by atoms with Crippen molar-refractivity contribution in [3.63, 3.8) is 0 Å². The van der Waals surface area contributed by atoms with E-state index in [0.29, 0.717) is 0 Å². The van der Waals surface area contributed by atoms with Gasteiger partial charge in [0.15, 0.2) is 0 Å². The lowest BCUT2D eigenvalue weighted by molar-refractivity contribution is 0.410. The van der Waals surface area contributed by atoms with E-state index < -0.39 is 0 Å². The first-order valence-corrected chi connectivity index (χ1v) is 4.65. The van der Waals surface area contributed by atoms with Gasteiger partial charge in [0.1, 0.15) is 5.75 Å². The topological polar surface area (TPSA) is 9.23 Å². The molecule has 0 saturated carbocycles. The van der Waals surface area contributed by atoms with Crippen LogP contribution in [0.3, 0.4) is 0 Å². The molecule has 0 aromatic heterocycles. The van der Waals surface area contributed by atoms with Crippen LogP contribution in [0, 0.1) is 6.92 Å². The van der Waals surface area contributed by atoms with E-state index in [9.17, 15) is 0 Å². The standard InChI is InChI=1S/C10H14OS/c1-8-3-4-10(11-2)9(7-8)5-6-12/h3-4,7,12H,5-6H2,1-2H3. The van der Waals surface area contributed by atoms with E-state index >= 15 is 0 Å².